The van der Waals surface area contributed by atoms with Crippen molar-refractivity contribution in [2.45, 2.75) is 71.3 Å². The van der Waals surface area contributed by atoms with Gasteiger partial charge in [-0.15, -0.1) is 0 Å². The fourth-order valence-corrected chi connectivity index (χ4v) is 5.93. The minimum Gasteiger partial charge on any atom is -0.325 e. The van der Waals surface area contributed by atoms with Gasteiger partial charge in [-0.05, 0) is 87.4 Å². The Bertz CT molecular complexity index is 277. The molecule has 1 atom stereocenters. The maximum absolute atomic E-state index is 6.60. The van der Waals surface area contributed by atoms with Crippen molar-refractivity contribution in [3.63, 3.8) is 0 Å². The van der Waals surface area contributed by atoms with Gasteiger partial charge in [0.05, 0.1) is 0 Å². The monoisotopic (exact) mass is 249 g/mol. The maximum atomic E-state index is 6.60. The number of hydrogen-bond donors (Lipinski definition) is 1. The summed E-state index contributed by atoms with van der Waals surface area (Å²) in [6.45, 7) is 6.92. The highest BCUT2D eigenvalue weighted by molar-refractivity contribution is 5.00. The minimum absolute atomic E-state index is 0.0776. The molecule has 0 heterocycles. The SMILES string of the molecule is CC(C)CC(C)(N)CC1C2CC3CC(C2)CC1C3. The topological polar surface area (TPSA) is 26.0 Å². The van der Waals surface area contributed by atoms with Gasteiger partial charge in [0.15, 0.2) is 0 Å². The molecule has 18 heavy (non-hydrogen) atoms. The zero-order chi connectivity index (χ0) is 12.9. The van der Waals surface area contributed by atoms with Gasteiger partial charge in [0, 0.05) is 5.54 Å². The van der Waals surface area contributed by atoms with Gasteiger partial charge in [-0.2, -0.15) is 0 Å². The molecule has 4 aliphatic carbocycles. The molecular formula is C17H31N. The first kappa shape index (κ1) is 13.0. The Morgan fingerprint density at radius 1 is 1.00 bits per heavy atom. The van der Waals surface area contributed by atoms with Crippen molar-refractivity contribution in [1.82, 2.24) is 0 Å². The summed E-state index contributed by atoms with van der Waals surface area (Å²) in [6.07, 6.45) is 10.2. The van der Waals surface area contributed by atoms with Crippen LogP contribution >= 0.6 is 0 Å². The molecule has 0 amide bonds. The number of rotatable bonds is 4. The average Bonchev–Trinajstić information content (AvgIpc) is 2.20. The van der Waals surface area contributed by atoms with Gasteiger partial charge in [-0.3, -0.25) is 0 Å². The van der Waals surface area contributed by atoms with Gasteiger partial charge >= 0.3 is 0 Å². The van der Waals surface area contributed by atoms with E-state index in [1.807, 2.05) is 0 Å². The van der Waals surface area contributed by atoms with E-state index < -0.39 is 0 Å². The van der Waals surface area contributed by atoms with Gasteiger partial charge in [0.1, 0.15) is 0 Å². The number of hydrogen-bond acceptors (Lipinski definition) is 1. The summed E-state index contributed by atoms with van der Waals surface area (Å²) in [7, 11) is 0. The molecule has 0 saturated heterocycles. The Labute approximate surface area is 113 Å². The van der Waals surface area contributed by atoms with Crippen molar-refractivity contribution in [2.24, 2.45) is 41.2 Å². The highest BCUT2D eigenvalue weighted by atomic mass is 14.7. The van der Waals surface area contributed by atoms with Crippen molar-refractivity contribution < 1.29 is 0 Å². The molecule has 2 N–H and O–H groups in total. The average molecular weight is 249 g/mol. The zero-order valence-electron chi connectivity index (χ0n) is 12.5. The molecule has 0 aromatic heterocycles. The lowest BCUT2D eigenvalue weighted by molar-refractivity contribution is -0.0479. The maximum Gasteiger partial charge on any atom is 0.0131 e. The third-order valence-corrected chi connectivity index (χ3v) is 6.00. The largest absolute Gasteiger partial charge is 0.325 e. The van der Waals surface area contributed by atoms with Crippen molar-refractivity contribution in [3.8, 4) is 0 Å². The lowest BCUT2D eigenvalue weighted by atomic mass is 9.50. The van der Waals surface area contributed by atoms with Crippen molar-refractivity contribution in [3.05, 3.63) is 0 Å². The Morgan fingerprint density at radius 3 is 1.94 bits per heavy atom. The molecule has 0 radical (unpaired) electrons. The molecule has 4 rings (SSSR count). The lowest BCUT2D eigenvalue weighted by Gasteiger charge is -2.56. The van der Waals surface area contributed by atoms with E-state index in [0.717, 1.165) is 35.5 Å². The van der Waals surface area contributed by atoms with Gasteiger partial charge in [0.2, 0.25) is 0 Å². The Morgan fingerprint density at radius 2 is 1.50 bits per heavy atom. The molecule has 4 aliphatic rings. The standard InChI is InChI=1S/C17H31N/c1-11(2)9-17(3,18)10-16-14-5-12-4-13(7-14)8-15(16)6-12/h11-16H,4-10,18H2,1-3H3. The summed E-state index contributed by atoms with van der Waals surface area (Å²) in [5.74, 6) is 5.96. The first-order valence-corrected chi connectivity index (χ1v) is 8.22. The summed E-state index contributed by atoms with van der Waals surface area (Å²) < 4.78 is 0. The number of nitrogens with two attached hydrogens (primary N) is 1. The highest BCUT2D eigenvalue weighted by Crippen LogP contribution is 2.58. The molecule has 4 bridgehead atoms. The summed E-state index contributed by atoms with van der Waals surface area (Å²) in [4.78, 5) is 0. The fourth-order valence-electron chi connectivity index (χ4n) is 5.93. The molecule has 0 spiro atoms. The summed E-state index contributed by atoms with van der Waals surface area (Å²) in [6, 6.07) is 0. The van der Waals surface area contributed by atoms with Crippen LogP contribution in [0.25, 0.3) is 0 Å². The molecule has 104 valence electrons. The smallest absolute Gasteiger partial charge is 0.0131 e. The highest BCUT2D eigenvalue weighted by Gasteiger charge is 2.49. The predicted molar refractivity (Wildman–Crippen MR) is 77.2 cm³/mol. The van der Waals surface area contributed by atoms with Crippen LogP contribution in [0.15, 0.2) is 0 Å². The van der Waals surface area contributed by atoms with Crippen LogP contribution in [-0.2, 0) is 0 Å². The molecule has 0 aliphatic heterocycles. The van der Waals surface area contributed by atoms with Crippen molar-refractivity contribution in [2.75, 3.05) is 0 Å². The fraction of sp³-hybridized carbons (Fsp3) is 1.00. The third kappa shape index (κ3) is 2.48. The van der Waals surface area contributed by atoms with Crippen LogP contribution in [0.3, 0.4) is 0 Å². The van der Waals surface area contributed by atoms with Crippen LogP contribution in [0.5, 0.6) is 0 Å². The Balaban J connectivity index is 1.66. The van der Waals surface area contributed by atoms with Gasteiger partial charge in [0.25, 0.3) is 0 Å². The van der Waals surface area contributed by atoms with Crippen LogP contribution in [0.2, 0.25) is 0 Å². The van der Waals surface area contributed by atoms with Crippen LogP contribution in [0.4, 0.5) is 0 Å². The van der Waals surface area contributed by atoms with E-state index in [4.69, 9.17) is 5.73 Å². The van der Waals surface area contributed by atoms with E-state index in [2.05, 4.69) is 20.8 Å². The molecular weight excluding hydrogens is 218 g/mol. The molecule has 1 nitrogen and oxygen atoms in total. The second kappa shape index (κ2) is 4.51. The Hall–Kier alpha value is -0.0400. The van der Waals surface area contributed by atoms with E-state index in [-0.39, 0.29) is 5.54 Å². The molecule has 0 aromatic rings. The summed E-state index contributed by atoms with van der Waals surface area (Å²) in [5.41, 5.74) is 6.68. The molecule has 1 unspecified atom stereocenters. The van der Waals surface area contributed by atoms with Gasteiger partial charge < -0.3 is 5.73 Å². The van der Waals surface area contributed by atoms with E-state index in [1.165, 1.54) is 38.5 Å². The van der Waals surface area contributed by atoms with E-state index in [9.17, 15) is 0 Å². The van der Waals surface area contributed by atoms with Crippen LogP contribution in [-0.4, -0.2) is 5.54 Å². The van der Waals surface area contributed by atoms with Crippen LogP contribution in [0.1, 0.15) is 65.7 Å². The summed E-state index contributed by atoms with van der Waals surface area (Å²) >= 11 is 0. The van der Waals surface area contributed by atoms with Crippen LogP contribution in [0, 0.1) is 35.5 Å². The van der Waals surface area contributed by atoms with Gasteiger partial charge in [-0.1, -0.05) is 13.8 Å². The predicted octanol–water partition coefficient (Wildman–Crippen LogP) is 4.21. The van der Waals surface area contributed by atoms with E-state index >= 15 is 0 Å². The first-order chi connectivity index (χ1) is 8.43. The zero-order valence-corrected chi connectivity index (χ0v) is 12.5. The Kier molecular flexibility index (Phi) is 3.25. The first-order valence-electron chi connectivity index (χ1n) is 8.22. The second-order valence-electron chi connectivity index (χ2n) is 8.55. The molecule has 4 saturated carbocycles. The minimum atomic E-state index is 0.0776. The van der Waals surface area contributed by atoms with Crippen LogP contribution < -0.4 is 5.73 Å². The normalized spacial score (nSPS) is 45.5. The summed E-state index contributed by atoms with van der Waals surface area (Å²) in [5, 5.41) is 0. The quantitative estimate of drug-likeness (QED) is 0.793. The van der Waals surface area contributed by atoms with Gasteiger partial charge in [-0.25, -0.2) is 0 Å². The van der Waals surface area contributed by atoms with Crippen molar-refractivity contribution in [1.29, 1.82) is 0 Å². The van der Waals surface area contributed by atoms with Crippen molar-refractivity contribution >= 4 is 0 Å². The molecule has 0 aromatic carbocycles. The third-order valence-electron chi connectivity index (χ3n) is 6.00. The van der Waals surface area contributed by atoms with E-state index in [0.29, 0.717) is 0 Å². The second-order valence-corrected chi connectivity index (χ2v) is 8.55. The lowest BCUT2D eigenvalue weighted by Crippen LogP contribution is -2.49. The van der Waals surface area contributed by atoms with E-state index in [1.54, 1.807) is 6.42 Å². The molecule has 4 fully saturated rings. The molecule has 1 heteroatoms.